The molecule has 2 aliphatic rings. The molecule has 0 unspecified atom stereocenters. The lowest BCUT2D eigenvalue weighted by atomic mass is 10.1. The van der Waals surface area contributed by atoms with Gasteiger partial charge in [-0.05, 0) is 37.1 Å². The zero-order chi connectivity index (χ0) is 32.2. The van der Waals surface area contributed by atoms with Crippen molar-refractivity contribution in [3.05, 3.63) is 65.5 Å². The number of morpholine rings is 1. The monoisotopic (exact) mass is 641 g/mol. The summed E-state index contributed by atoms with van der Waals surface area (Å²) in [6.45, 7) is 2.91. The second-order valence-corrected chi connectivity index (χ2v) is 10.7. The Morgan fingerprint density at radius 2 is 1.85 bits per heavy atom. The molecule has 2 fully saturated rings. The molecule has 0 bridgehead atoms. The van der Waals surface area contributed by atoms with E-state index in [1.165, 1.54) is 17.7 Å². The second-order valence-electron chi connectivity index (χ2n) is 10.7. The lowest BCUT2D eigenvalue weighted by Gasteiger charge is -2.32. The zero-order valence-electron chi connectivity index (χ0n) is 24.8. The molecule has 0 radical (unpaired) electrons. The number of piperidine rings is 1. The fraction of sp³-hybridized carbons (Fsp3) is 0.367. The van der Waals surface area contributed by atoms with E-state index in [0.717, 1.165) is 18.3 Å². The average Bonchev–Trinajstić information content (AvgIpc) is 3.47. The van der Waals surface area contributed by atoms with Gasteiger partial charge in [-0.2, -0.15) is 15.1 Å². The average molecular weight is 642 g/mol. The first-order chi connectivity index (χ1) is 22.3. The first kappa shape index (κ1) is 31.0. The number of urea groups is 1. The van der Waals surface area contributed by atoms with Gasteiger partial charge < -0.3 is 24.6 Å². The number of hydrazone groups is 1. The van der Waals surface area contributed by atoms with Crippen molar-refractivity contribution in [3.63, 3.8) is 0 Å². The number of benzene rings is 2. The highest BCUT2D eigenvalue weighted by molar-refractivity contribution is 5.84. The number of amides is 2. The number of imidazole rings is 1. The maximum absolute atomic E-state index is 14.3. The van der Waals surface area contributed by atoms with E-state index in [4.69, 9.17) is 9.47 Å². The smallest absolute Gasteiger partial charge is 0.337 e. The Bertz CT molecular complexity index is 1740. The highest BCUT2D eigenvalue weighted by atomic mass is 19.3. The van der Waals surface area contributed by atoms with E-state index in [1.54, 1.807) is 29.2 Å². The number of nitrogens with one attached hydrogen (secondary N) is 2. The number of ether oxygens (including phenoxy) is 2. The van der Waals surface area contributed by atoms with E-state index in [0.29, 0.717) is 75.1 Å². The summed E-state index contributed by atoms with van der Waals surface area (Å²) < 4.78 is 67.7. The summed E-state index contributed by atoms with van der Waals surface area (Å²) >= 11 is 0. The number of methoxy groups -OCH3 is 1. The van der Waals surface area contributed by atoms with Gasteiger partial charge in [-0.1, -0.05) is 6.07 Å². The molecule has 242 valence electrons. The number of hydrogen-bond donors (Lipinski definition) is 2. The normalized spacial score (nSPS) is 16.0. The third-order valence-corrected chi connectivity index (χ3v) is 7.79. The van der Waals surface area contributed by atoms with Gasteiger partial charge in [0.1, 0.15) is 34.5 Å². The van der Waals surface area contributed by atoms with Crippen LogP contribution in [0.1, 0.15) is 30.7 Å². The maximum Gasteiger partial charge on any atom is 0.337 e. The molecular weight excluding hydrogens is 610 g/mol. The molecule has 4 heterocycles. The summed E-state index contributed by atoms with van der Waals surface area (Å²) in [4.78, 5) is 29.7. The molecule has 6 rings (SSSR count). The van der Waals surface area contributed by atoms with Crippen LogP contribution in [0.5, 0.6) is 5.75 Å². The van der Waals surface area contributed by atoms with Crippen molar-refractivity contribution in [2.45, 2.75) is 25.3 Å². The Labute approximate surface area is 261 Å². The number of carbonyl (C=O) groups is 1. The molecule has 12 nitrogen and oxygen atoms in total. The molecular formula is C30H31F4N9O3. The van der Waals surface area contributed by atoms with Crippen LogP contribution in [0.4, 0.5) is 34.0 Å². The predicted molar refractivity (Wildman–Crippen MR) is 162 cm³/mol. The number of carbonyl (C=O) groups excluding carboxylic acids is 1. The van der Waals surface area contributed by atoms with Crippen LogP contribution in [0.2, 0.25) is 0 Å². The summed E-state index contributed by atoms with van der Waals surface area (Å²) in [6.07, 6.45) is -0.676. The Morgan fingerprint density at radius 1 is 1.07 bits per heavy atom. The van der Waals surface area contributed by atoms with Gasteiger partial charge in [-0.25, -0.2) is 32.8 Å². The van der Waals surface area contributed by atoms with Crippen molar-refractivity contribution in [2.24, 2.45) is 5.10 Å². The van der Waals surface area contributed by atoms with Crippen molar-refractivity contribution in [3.8, 4) is 11.7 Å². The molecule has 16 heteroatoms. The number of para-hydroxylation sites is 1. The van der Waals surface area contributed by atoms with Gasteiger partial charge in [-0.3, -0.25) is 4.57 Å². The van der Waals surface area contributed by atoms with Gasteiger partial charge in [0.05, 0.1) is 32.1 Å². The van der Waals surface area contributed by atoms with Crippen molar-refractivity contribution in [2.75, 3.05) is 56.7 Å². The van der Waals surface area contributed by atoms with Gasteiger partial charge in [-0.15, -0.1) is 0 Å². The van der Waals surface area contributed by atoms with E-state index in [2.05, 4.69) is 30.8 Å². The van der Waals surface area contributed by atoms with E-state index < -0.39 is 29.9 Å². The lowest BCUT2D eigenvalue weighted by Crippen LogP contribution is -2.45. The second kappa shape index (κ2) is 13.6. The Hall–Kier alpha value is -4.99. The first-order valence-corrected chi connectivity index (χ1v) is 14.7. The number of halogens is 4. The number of nitrogens with zero attached hydrogens (tertiary/aromatic N) is 7. The molecule has 0 atom stereocenters. The fourth-order valence-electron chi connectivity index (χ4n) is 5.43. The van der Waals surface area contributed by atoms with Gasteiger partial charge in [0, 0.05) is 49.9 Å². The minimum Gasteiger partial charge on any atom is -0.494 e. The summed E-state index contributed by atoms with van der Waals surface area (Å²) in [5.74, 6) is -0.637. The quantitative estimate of drug-likeness (QED) is 0.164. The standard InChI is InChI=1S/C30H31F4N9O3/c1-45-23-4-2-3-22-26(23)39-28(27(33)34)43(22)29-37-24(16-25(38-29)41-11-13-46-14-12-41)36-20-7-9-42(10-8-20)30(44)40-35-17-18-5-6-19(31)15-21(18)32/h2-6,15-17,20,27H,7-14H2,1H3,(H,40,44)(H,36,37,38)/b35-17+. The molecule has 2 amide bonds. The number of anilines is 2. The minimum atomic E-state index is -2.90. The number of hydrogen-bond acceptors (Lipinski definition) is 9. The number of likely N-dealkylation sites (tertiary alicyclic amines) is 1. The van der Waals surface area contributed by atoms with Gasteiger partial charge >= 0.3 is 6.03 Å². The van der Waals surface area contributed by atoms with Crippen molar-refractivity contribution < 1.29 is 31.8 Å². The molecule has 2 aromatic heterocycles. The predicted octanol–water partition coefficient (Wildman–Crippen LogP) is 4.50. The van der Waals surface area contributed by atoms with Crippen LogP contribution in [0, 0.1) is 11.6 Å². The zero-order valence-corrected chi connectivity index (χ0v) is 24.8. The molecule has 46 heavy (non-hydrogen) atoms. The first-order valence-electron chi connectivity index (χ1n) is 14.7. The number of aromatic nitrogens is 4. The molecule has 0 aliphatic carbocycles. The summed E-state index contributed by atoms with van der Waals surface area (Å²) in [7, 11) is 1.45. The summed E-state index contributed by atoms with van der Waals surface area (Å²) in [5.41, 5.74) is 3.06. The molecule has 2 aromatic carbocycles. The van der Waals surface area contributed by atoms with Crippen LogP contribution < -0.4 is 20.4 Å². The topological polar surface area (TPSA) is 122 Å². The van der Waals surface area contributed by atoms with Gasteiger partial charge in [0.25, 0.3) is 6.43 Å². The number of rotatable bonds is 8. The summed E-state index contributed by atoms with van der Waals surface area (Å²) in [5, 5.41) is 7.19. The minimum absolute atomic E-state index is 0.0322. The van der Waals surface area contributed by atoms with E-state index in [-0.39, 0.29) is 23.1 Å². The fourth-order valence-corrected chi connectivity index (χ4v) is 5.43. The third kappa shape index (κ3) is 6.66. The number of alkyl halides is 2. The molecule has 4 aromatic rings. The van der Waals surface area contributed by atoms with E-state index in [9.17, 15) is 22.4 Å². The largest absolute Gasteiger partial charge is 0.494 e. The molecule has 0 spiro atoms. The van der Waals surface area contributed by atoms with Crippen molar-refractivity contribution >= 4 is 34.9 Å². The van der Waals surface area contributed by atoms with Gasteiger partial charge in [0.2, 0.25) is 5.95 Å². The van der Waals surface area contributed by atoms with Crippen LogP contribution in [-0.2, 0) is 4.74 Å². The van der Waals surface area contributed by atoms with E-state index in [1.807, 2.05) is 4.90 Å². The van der Waals surface area contributed by atoms with E-state index >= 15 is 0 Å². The van der Waals surface area contributed by atoms with Crippen molar-refractivity contribution in [1.82, 2.24) is 29.8 Å². The third-order valence-electron chi connectivity index (χ3n) is 7.79. The van der Waals surface area contributed by atoms with Crippen molar-refractivity contribution in [1.29, 1.82) is 0 Å². The van der Waals surface area contributed by atoms with Crippen LogP contribution in [0.15, 0.2) is 47.6 Å². The molecule has 2 aliphatic heterocycles. The van der Waals surface area contributed by atoms with Gasteiger partial charge in [0.15, 0.2) is 5.82 Å². The Kier molecular flexibility index (Phi) is 9.14. The highest BCUT2D eigenvalue weighted by Gasteiger charge is 2.27. The highest BCUT2D eigenvalue weighted by Crippen LogP contribution is 2.33. The lowest BCUT2D eigenvalue weighted by molar-refractivity contribution is 0.122. The Balaban J connectivity index is 1.20. The Morgan fingerprint density at radius 3 is 2.57 bits per heavy atom. The maximum atomic E-state index is 14.3. The SMILES string of the molecule is COc1cccc2c1nc(C(F)F)n2-c1nc(NC2CCN(C(=O)N/N=C/c3ccc(F)cc3F)CC2)cc(N2CCOCC2)n1. The number of fused-ring (bicyclic) bond motifs is 1. The van der Waals surface area contributed by atoms with Crippen LogP contribution in [-0.4, -0.2) is 89.2 Å². The summed E-state index contributed by atoms with van der Waals surface area (Å²) in [6, 6.07) is 9.29. The van der Waals surface area contributed by atoms with Crippen LogP contribution >= 0.6 is 0 Å². The molecule has 2 N–H and O–H groups in total. The molecule has 0 saturated carbocycles. The van der Waals surface area contributed by atoms with Crippen LogP contribution in [0.25, 0.3) is 17.0 Å². The van der Waals surface area contributed by atoms with Crippen LogP contribution in [0.3, 0.4) is 0 Å². The molecule has 2 saturated heterocycles.